The number of rotatable bonds is 10. The molecule has 0 bridgehead atoms. The number of aromatic nitrogens is 2. The Morgan fingerprint density at radius 1 is 1.26 bits per heavy atom. The molecule has 2 aromatic carbocycles. The molecule has 3 rings (SSSR count). The number of benzene rings is 2. The Morgan fingerprint density at radius 3 is 2.54 bits per heavy atom. The molecule has 0 saturated carbocycles. The van der Waals surface area contributed by atoms with E-state index < -0.39 is 44.9 Å². The zero-order chi connectivity index (χ0) is 25.8. The Hall–Kier alpha value is -2.91. The van der Waals surface area contributed by atoms with Gasteiger partial charge in [0.15, 0.2) is 0 Å². The van der Waals surface area contributed by atoms with Gasteiger partial charge in [-0.1, -0.05) is 0 Å². The molecule has 1 atom stereocenters. The molecule has 13 heteroatoms. The highest BCUT2D eigenvalue weighted by Gasteiger charge is 2.29. The first-order valence-corrected chi connectivity index (χ1v) is 13.5. The second kappa shape index (κ2) is 11.2. The summed E-state index contributed by atoms with van der Waals surface area (Å²) in [7, 11) is -3.52. The number of nitrogens with one attached hydrogen (secondary N) is 2. The summed E-state index contributed by atoms with van der Waals surface area (Å²) in [6.07, 6.45) is 0.641. The van der Waals surface area contributed by atoms with Crippen LogP contribution in [0.3, 0.4) is 0 Å². The fourth-order valence-corrected chi connectivity index (χ4v) is 4.43. The maximum atomic E-state index is 14.3. The number of amides is 1. The van der Waals surface area contributed by atoms with Gasteiger partial charge in [0.05, 0.1) is 18.0 Å². The lowest BCUT2D eigenvalue weighted by Crippen LogP contribution is -2.33. The third-order valence-corrected chi connectivity index (χ3v) is 6.62. The molecule has 1 heterocycles. The smallest absolute Gasteiger partial charge is 0.329 e. The van der Waals surface area contributed by atoms with Crippen molar-refractivity contribution in [3.8, 4) is 22.9 Å². The minimum absolute atomic E-state index is 0.00121. The summed E-state index contributed by atoms with van der Waals surface area (Å²) < 4.78 is 44.4. The third-order valence-electron chi connectivity index (χ3n) is 4.97. The lowest BCUT2D eigenvalue weighted by molar-refractivity contribution is -0.119. The fourth-order valence-electron chi connectivity index (χ4n) is 3.32. The standard InChI is InChI=1S/C22H23FIN3O7S/c1-35(32,33)11-8-18(20(29)25-17-7-4-14(24)12-16(17)23)27-21(30)19(26-22(27)31)13-2-5-15(6-3-13)34-10-9-28/h2-7,12,18,28,30H,8-11H2,1H3,(H,25,29)(H,26,31)/t18-/m0/s1. The van der Waals surface area contributed by atoms with E-state index in [9.17, 15) is 27.5 Å². The highest BCUT2D eigenvalue weighted by atomic mass is 127. The van der Waals surface area contributed by atoms with Crippen LogP contribution in [0, 0.1) is 9.39 Å². The van der Waals surface area contributed by atoms with Crippen LogP contribution >= 0.6 is 22.6 Å². The first-order valence-electron chi connectivity index (χ1n) is 10.3. The number of aromatic amines is 1. The summed E-state index contributed by atoms with van der Waals surface area (Å²) in [5, 5.41) is 22.1. The molecular formula is C22H23FIN3O7S. The molecule has 3 aromatic rings. The number of carbonyl (C=O) groups excluding carboxylic acids is 1. The Balaban J connectivity index is 1.97. The summed E-state index contributed by atoms with van der Waals surface area (Å²) in [6.45, 7) is -0.0716. The molecule has 1 aromatic heterocycles. The largest absolute Gasteiger partial charge is 0.493 e. The zero-order valence-corrected chi connectivity index (χ0v) is 21.5. The highest BCUT2D eigenvalue weighted by molar-refractivity contribution is 14.1. The van der Waals surface area contributed by atoms with Gasteiger partial charge < -0.3 is 25.3 Å². The Morgan fingerprint density at radius 2 is 1.94 bits per heavy atom. The van der Waals surface area contributed by atoms with Crippen LogP contribution in [0.2, 0.25) is 0 Å². The highest BCUT2D eigenvalue weighted by Crippen LogP contribution is 2.31. The summed E-state index contributed by atoms with van der Waals surface area (Å²) in [6, 6.07) is 8.89. The van der Waals surface area contributed by atoms with Gasteiger partial charge in [-0.15, -0.1) is 0 Å². The van der Waals surface area contributed by atoms with Crippen molar-refractivity contribution in [1.29, 1.82) is 0 Å². The average molecular weight is 619 g/mol. The first kappa shape index (κ1) is 26.7. The van der Waals surface area contributed by atoms with Crippen molar-refractivity contribution in [2.75, 3.05) is 30.5 Å². The number of H-pyrrole nitrogens is 1. The van der Waals surface area contributed by atoms with Crippen molar-refractivity contribution < 1.29 is 32.6 Å². The number of carbonyl (C=O) groups is 1. The van der Waals surface area contributed by atoms with Gasteiger partial charge >= 0.3 is 5.69 Å². The van der Waals surface area contributed by atoms with E-state index >= 15 is 0 Å². The third kappa shape index (κ3) is 6.82. The second-order valence-electron chi connectivity index (χ2n) is 7.64. The van der Waals surface area contributed by atoms with Crippen LogP contribution < -0.4 is 15.7 Å². The van der Waals surface area contributed by atoms with Crippen LogP contribution in [0.5, 0.6) is 11.6 Å². The zero-order valence-electron chi connectivity index (χ0n) is 18.5. The van der Waals surface area contributed by atoms with Crippen LogP contribution in [-0.4, -0.2) is 59.3 Å². The molecule has 10 nitrogen and oxygen atoms in total. The van der Waals surface area contributed by atoms with Crippen molar-refractivity contribution in [1.82, 2.24) is 9.55 Å². The van der Waals surface area contributed by atoms with E-state index in [0.29, 0.717) is 14.9 Å². The van der Waals surface area contributed by atoms with Gasteiger partial charge in [0, 0.05) is 15.4 Å². The molecule has 0 fully saturated rings. The summed E-state index contributed by atoms with van der Waals surface area (Å²) in [4.78, 5) is 28.3. The predicted octanol–water partition coefficient (Wildman–Crippen LogP) is 2.28. The van der Waals surface area contributed by atoms with Crippen LogP contribution in [0.1, 0.15) is 12.5 Å². The second-order valence-corrected chi connectivity index (χ2v) is 11.1. The van der Waals surface area contributed by atoms with Crippen LogP contribution in [0.15, 0.2) is 47.3 Å². The summed E-state index contributed by atoms with van der Waals surface area (Å²) in [5.74, 6) is -2.17. The number of halogens is 2. The molecule has 0 aliphatic rings. The summed E-state index contributed by atoms with van der Waals surface area (Å²) in [5.41, 5.74) is -0.613. The van der Waals surface area contributed by atoms with Gasteiger partial charge in [-0.05, 0) is 71.5 Å². The van der Waals surface area contributed by atoms with E-state index in [1.54, 1.807) is 30.3 Å². The van der Waals surface area contributed by atoms with E-state index in [1.807, 2.05) is 22.6 Å². The quantitative estimate of drug-likeness (QED) is 0.255. The lowest BCUT2D eigenvalue weighted by atomic mass is 10.1. The van der Waals surface area contributed by atoms with Crippen molar-refractivity contribution in [3.05, 3.63) is 62.3 Å². The number of hydrogen-bond acceptors (Lipinski definition) is 7. The van der Waals surface area contributed by atoms with Gasteiger partial charge in [0.1, 0.15) is 39.7 Å². The molecule has 1 amide bonds. The Bertz CT molecular complexity index is 1370. The minimum Gasteiger partial charge on any atom is -0.493 e. The number of hydrogen-bond donors (Lipinski definition) is 4. The number of aliphatic hydroxyl groups is 1. The SMILES string of the molecule is CS(=O)(=O)CC[C@@H](C(=O)Nc1ccc(I)cc1F)n1c(O)c(-c2ccc(OCCO)cc2)[nH]c1=O. The lowest BCUT2D eigenvalue weighted by Gasteiger charge is -2.18. The molecule has 188 valence electrons. The molecule has 0 saturated heterocycles. The van der Waals surface area contributed by atoms with Crippen LogP contribution in [0.25, 0.3) is 11.3 Å². The number of anilines is 1. The van der Waals surface area contributed by atoms with Gasteiger partial charge in [-0.2, -0.15) is 0 Å². The minimum atomic E-state index is -3.52. The van der Waals surface area contributed by atoms with Crippen molar-refractivity contribution in [2.24, 2.45) is 0 Å². The molecule has 0 aliphatic heterocycles. The molecular weight excluding hydrogens is 596 g/mol. The first-order chi connectivity index (χ1) is 16.5. The molecule has 0 radical (unpaired) electrons. The van der Waals surface area contributed by atoms with Gasteiger partial charge in [0.25, 0.3) is 0 Å². The van der Waals surface area contributed by atoms with Crippen LogP contribution in [0.4, 0.5) is 10.1 Å². The number of aliphatic hydroxyl groups excluding tert-OH is 1. The maximum absolute atomic E-state index is 14.3. The molecule has 0 aliphatic carbocycles. The predicted molar refractivity (Wildman–Crippen MR) is 136 cm³/mol. The van der Waals surface area contributed by atoms with E-state index in [4.69, 9.17) is 9.84 Å². The molecule has 4 N–H and O–H groups in total. The molecule has 0 unspecified atom stereocenters. The Labute approximate surface area is 213 Å². The van der Waals surface area contributed by atoms with Gasteiger partial charge in [0.2, 0.25) is 11.8 Å². The molecule has 0 spiro atoms. The monoisotopic (exact) mass is 619 g/mol. The number of ether oxygens (including phenoxy) is 1. The van der Waals surface area contributed by atoms with E-state index in [1.165, 1.54) is 12.1 Å². The van der Waals surface area contributed by atoms with Gasteiger partial charge in [-0.3, -0.25) is 9.36 Å². The van der Waals surface area contributed by atoms with Crippen LogP contribution in [-0.2, 0) is 14.6 Å². The van der Waals surface area contributed by atoms with E-state index in [0.717, 1.165) is 10.8 Å². The van der Waals surface area contributed by atoms with E-state index in [2.05, 4.69) is 10.3 Å². The van der Waals surface area contributed by atoms with Crippen molar-refractivity contribution in [3.63, 3.8) is 0 Å². The maximum Gasteiger partial charge on any atom is 0.329 e. The van der Waals surface area contributed by atoms with Crippen molar-refractivity contribution in [2.45, 2.75) is 12.5 Å². The summed E-state index contributed by atoms with van der Waals surface area (Å²) >= 11 is 1.90. The van der Waals surface area contributed by atoms with Gasteiger partial charge in [-0.25, -0.2) is 17.6 Å². The number of imidazole rings is 1. The number of sulfone groups is 1. The fraction of sp³-hybridized carbons (Fsp3) is 0.273. The number of nitrogens with zero attached hydrogens (tertiary/aromatic N) is 1. The average Bonchev–Trinajstić information content (AvgIpc) is 3.08. The van der Waals surface area contributed by atoms with E-state index in [-0.39, 0.29) is 31.0 Å². The topological polar surface area (TPSA) is 151 Å². The normalized spacial score (nSPS) is 12.3. The number of aromatic hydroxyl groups is 1. The molecule has 35 heavy (non-hydrogen) atoms. The Kier molecular flexibility index (Phi) is 8.56. The van der Waals surface area contributed by atoms with Crippen molar-refractivity contribution >= 4 is 44.0 Å².